The van der Waals surface area contributed by atoms with Gasteiger partial charge in [-0.1, -0.05) is 23.7 Å². The molecule has 1 fully saturated rings. The lowest BCUT2D eigenvalue weighted by molar-refractivity contribution is -0.123. The first-order chi connectivity index (χ1) is 13.5. The number of imide groups is 1. The second-order valence-electron chi connectivity index (χ2n) is 5.96. The van der Waals surface area contributed by atoms with Crippen LogP contribution in [0.3, 0.4) is 0 Å². The molecule has 1 aromatic carbocycles. The molecule has 6 nitrogen and oxygen atoms in total. The summed E-state index contributed by atoms with van der Waals surface area (Å²) in [6.07, 6.45) is 1.60. The molecule has 0 bridgehead atoms. The van der Waals surface area contributed by atoms with E-state index in [4.69, 9.17) is 20.8 Å². The van der Waals surface area contributed by atoms with Gasteiger partial charge in [0, 0.05) is 25.2 Å². The molecule has 1 aliphatic heterocycles. The molecule has 2 amide bonds. The summed E-state index contributed by atoms with van der Waals surface area (Å²) in [6, 6.07) is 10.7. The maximum absolute atomic E-state index is 12.6. The topological polar surface area (TPSA) is 63.0 Å². The monoisotopic (exact) mass is 420 g/mol. The Morgan fingerprint density at radius 2 is 1.93 bits per heavy atom. The Labute approximate surface area is 173 Å². The number of carbonyl (C=O) groups is 2. The summed E-state index contributed by atoms with van der Waals surface area (Å²) in [5.74, 6) is 1.45. The summed E-state index contributed by atoms with van der Waals surface area (Å²) in [5.41, 5.74) is 0. The minimum absolute atomic E-state index is 0.149. The van der Waals surface area contributed by atoms with Gasteiger partial charge in [0.05, 0.1) is 16.5 Å². The third-order valence-electron chi connectivity index (χ3n) is 4.24. The molecule has 8 heteroatoms. The van der Waals surface area contributed by atoms with Crippen molar-refractivity contribution in [1.82, 2.24) is 4.90 Å². The maximum Gasteiger partial charge on any atom is 0.293 e. The van der Waals surface area contributed by atoms with E-state index in [0.29, 0.717) is 21.4 Å². The summed E-state index contributed by atoms with van der Waals surface area (Å²) in [5, 5.41) is 0.160. The van der Waals surface area contributed by atoms with Gasteiger partial charge >= 0.3 is 0 Å². The Kier molecular flexibility index (Phi) is 6.70. The van der Waals surface area contributed by atoms with Crippen molar-refractivity contribution in [3.8, 4) is 5.75 Å². The predicted molar refractivity (Wildman–Crippen MR) is 112 cm³/mol. The van der Waals surface area contributed by atoms with Crippen LogP contribution in [0.1, 0.15) is 19.6 Å². The quantitative estimate of drug-likeness (QED) is 0.566. The first-order valence-corrected chi connectivity index (χ1v) is 10.2. The molecule has 0 radical (unpaired) electrons. The number of thioether (sulfide) groups is 1. The fourth-order valence-corrected chi connectivity index (χ4v) is 3.79. The predicted octanol–water partition coefficient (Wildman–Crippen LogP) is 4.89. The van der Waals surface area contributed by atoms with E-state index in [1.165, 1.54) is 4.90 Å². The number of nitrogens with zero attached hydrogens (tertiary/aromatic N) is 2. The Morgan fingerprint density at radius 3 is 2.64 bits per heavy atom. The highest BCUT2D eigenvalue weighted by molar-refractivity contribution is 8.18. The summed E-state index contributed by atoms with van der Waals surface area (Å²) >= 11 is 6.93. The highest BCUT2D eigenvalue weighted by atomic mass is 35.5. The van der Waals surface area contributed by atoms with Crippen LogP contribution in [-0.4, -0.2) is 42.3 Å². The number of ether oxygens (including phenoxy) is 1. The molecule has 1 aromatic heterocycles. The third kappa shape index (κ3) is 4.54. The van der Waals surface area contributed by atoms with Crippen molar-refractivity contribution in [2.75, 3.05) is 31.1 Å². The summed E-state index contributed by atoms with van der Waals surface area (Å²) in [4.78, 5) is 28.3. The van der Waals surface area contributed by atoms with E-state index in [1.54, 1.807) is 36.4 Å². The number of amides is 2. The molecule has 1 aliphatic rings. The van der Waals surface area contributed by atoms with Crippen molar-refractivity contribution in [2.45, 2.75) is 13.8 Å². The fourth-order valence-electron chi connectivity index (χ4n) is 2.76. The SMILES string of the molecule is CCN(CC)c1ccc(/C=C2\SC(=O)N(CCOc3ccccc3Cl)C2=O)o1. The number of furan rings is 1. The van der Waals surface area contributed by atoms with Crippen LogP contribution in [-0.2, 0) is 4.79 Å². The zero-order chi connectivity index (χ0) is 20.1. The van der Waals surface area contributed by atoms with Crippen molar-refractivity contribution < 1.29 is 18.7 Å². The Morgan fingerprint density at radius 1 is 1.18 bits per heavy atom. The zero-order valence-corrected chi connectivity index (χ0v) is 17.3. The molecule has 0 aliphatic carbocycles. The number of para-hydroxylation sites is 1. The van der Waals surface area contributed by atoms with E-state index in [9.17, 15) is 9.59 Å². The molecule has 28 heavy (non-hydrogen) atoms. The number of hydrogen-bond acceptors (Lipinski definition) is 6. The average Bonchev–Trinajstić information content (AvgIpc) is 3.24. The van der Waals surface area contributed by atoms with E-state index in [1.807, 2.05) is 19.9 Å². The van der Waals surface area contributed by atoms with Gasteiger partial charge in [-0.05, 0) is 43.8 Å². The molecule has 2 aromatic rings. The summed E-state index contributed by atoms with van der Waals surface area (Å²) in [7, 11) is 0. The molecular weight excluding hydrogens is 400 g/mol. The largest absolute Gasteiger partial charge is 0.490 e. The number of benzene rings is 1. The number of halogens is 1. The van der Waals surface area contributed by atoms with Gasteiger partial charge in [0.1, 0.15) is 18.1 Å². The molecule has 0 N–H and O–H groups in total. The minimum Gasteiger partial charge on any atom is -0.490 e. The van der Waals surface area contributed by atoms with Crippen molar-refractivity contribution in [2.24, 2.45) is 0 Å². The van der Waals surface area contributed by atoms with E-state index in [-0.39, 0.29) is 24.3 Å². The number of anilines is 1. The van der Waals surface area contributed by atoms with Gasteiger partial charge in [0.25, 0.3) is 11.1 Å². The van der Waals surface area contributed by atoms with Gasteiger partial charge in [-0.2, -0.15) is 0 Å². The minimum atomic E-state index is -0.349. The molecule has 148 valence electrons. The van der Waals surface area contributed by atoms with Gasteiger partial charge in [-0.3, -0.25) is 14.5 Å². The van der Waals surface area contributed by atoms with Gasteiger partial charge in [0.15, 0.2) is 5.88 Å². The molecule has 1 saturated heterocycles. The van der Waals surface area contributed by atoms with Crippen LogP contribution < -0.4 is 9.64 Å². The Balaban J connectivity index is 1.63. The van der Waals surface area contributed by atoms with Crippen LogP contribution in [0.25, 0.3) is 6.08 Å². The molecule has 2 heterocycles. The number of carbonyl (C=O) groups excluding carboxylic acids is 2. The molecule has 3 rings (SSSR count). The fraction of sp³-hybridized carbons (Fsp3) is 0.300. The Hall–Kier alpha value is -2.38. The molecule has 0 atom stereocenters. The Bertz CT molecular complexity index is 892. The van der Waals surface area contributed by atoms with Crippen LogP contribution >= 0.6 is 23.4 Å². The lowest BCUT2D eigenvalue weighted by atomic mass is 10.3. The zero-order valence-electron chi connectivity index (χ0n) is 15.7. The first-order valence-electron chi connectivity index (χ1n) is 9.01. The van der Waals surface area contributed by atoms with Crippen molar-refractivity contribution in [3.63, 3.8) is 0 Å². The lowest BCUT2D eigenvalue weighted by Gasteiger charge is -2.16. The van der Waals surface area contributed by atoms with E-state index in [2.05, 4.69) is 4.90 Å². The van der Waals surface area contributed by atoms with Gasteiger partial charge in [-0.15, -0.1) is 0 Å². The van der Waals surface area contributed by atoms with Crippen LogP contribution in [0, 0.1) is 0 Å². The van der Waals surface area contributed by atoms with E-state index in [0.717, 1.165) is 30.7 Å². The molecule has 0 saturated carbocycles. The normalized spacial score (nSPS) is 15.5. The summed E-state index contributed by atoms with van der Waals surface area (Å²) in [6.45, 7) is 6.05. The molecular formula is C20H21ClN2O4S. The highest BCUT2D eigenvalue weighted by Crippen LogP contribution is 2.33. The van der Waals surface area contributed by atoms with E-state index >= 15 is 0 Å². The van der Waals surface area contributed by atoms with Crippen molar-refractivity contribution >= 4 is 46.5 Å². The van der Waals surface area contributed by atoms with Crippen LogP contribution in [0.15, 0.2) is 45.7 Å². The second kappa shape index (κ2) is 9.21. The first kappa shape index (κ1) is 20.4. The van der Waals surface area contributed by atoms with Gasteiger partial charge in [-0.25, -0.2) is 0 Å². The smallest absolute Gasteiger partial charge is 0.293 e. The van der Waals surface area contributed by atoms with Crippen molar-refractivity contribution in [3.05, 3.63) is 52.1 Å². The van der Waals surface area contributed by atoms with E-state index < -0.39 is 0 Å². The highest BCUT2D eigenvalue weighted by Gasteiger charge is 2.35. The molecule has 0 unspecified atom stereocenters. The van der Waals surface area contributed by atoms with Gasteiger partial charge < -0.3 is 14.1 Å². The van der Waals surface area contributed by atoms with Gasteiger partial charge in [0.2, 0.25) is 0 Å². The van der Waals surface area contributed by atoms with Crippen LogP contribution in [0.5, 0.6) is 5.75 Å². The van der Waals surface area contributed by atoms with Crippen LogP contribution in [0.4, 0.5) is 10.7 Å². The number of hydrogen-bond donors (Lipinski definition) is 0. The summed E-state index contributed by atoms with van der Waals surface area (Å²) < 4.78 is 11.3. The standard InChI is InChI=1S/C20H21ClN2O4S/c1-3-22(4-2)18-10-9-14(27-18)13-17-19(24)23(20(25)28-17)11-12-26-16-8-6-5-7-15(16)21/h5-10,13H,3-4,11-12H2,1-2H3/b17-13-. The third-order valence-corrected chi connectivity index (χ3v) is 5.46. The second-order valence-corrected chi connectivity index (χ2v) is 7.36. The number of rotatable bonds is 8. The van der Waals surface area contributed by atoms with Crippen molar-refractivity contribution in [1.29, 1.82) is 0 Å². The molecule has 0 spiro atoms. The average molecular weight is 421 g/mol. The van der Waals surface area contributed by atoms with Crippen LogP contribution in [0.2, 0.25) is 5.02 Å². The maximum atomic E-state index is 12.6. The lowest BCUT2D eigenvalue weighted by Crippen LogP contribution is -2.32.